The summed E-state index contributed by atoms with van der Waals surface area (Å²) in [7, 11) is 1.62. The Morgan fingerprint density at radius 3 is 2.55 bits per heavy atom. The molecule has 2 heterocycles. The number of thiazole rings is 1. The molecule has 0 spiro atoms. The highest BCUT2D eigenvalue weighted by molar-refractivity contribution is 7.10. The molecule has 31 heavy (non-hydrogen) atoms. The van der Waals surface area contributed by atoms with Gasteiger partial charge in [-0.2, -0.15) is 0 Å². The fourth-order valence-electron chi connectivity index (χ4n) is 4.60. The second-order valence-electron chi connectivity index (χ2n) is 8.41. The van der Waals surface area contributed by atoms with Crippen LogP contribution in [-0.2, 0) is 21.7 Å². The van der Waals surface area contributed by atoms with Crippen LogP contribution in [-0.4, -0.2) is 34.8 Å². The average molecular weight is 440 g/mol. The molecular weight excluding hydrogens is 410 g/mol. The third-order valence-electron chi connectivity index (χ3n) is 6.28. The Morgan fingerprint density at radius 2 is 1.94 bits per heavy atom. The van der Waals surface area contributed by atoms with Crippen LogP contribution in [0.15, 0.2) is 41.3 Å². The van der Waals surface area contributed by atoms with Crippen molar-refractivity contribution in [3.8, 4) is 5.75 Å². The van der Waals surface area contributed by atoms with E-state index in [4.69, 9.17) is 4.74 Å². The Morgan fingerprint density at radius 1 is 1.23 bits per heavy atom. The minimum absolute atomic E-state index is 0.144. The zero-order chi connectivity index (χ0) is 22.0. The van der Waals surface area contributed by atoms with E-state index in [0.717, 1.165) is 42.7 Å². The first-order valence-electron chi connectivity index (χ1n) is 10.8. The van der Waals surface area contributed by atoms with Gasteiger partial charge in [0, 0.05) is 29.7 Å². The molecule has 0 saturated heterocycles. The number of nitrogens with zero attached hydrogens (tertiary/aromatic N) is 2. The van der Waals surface area contributed by atoms with Crippen molar-refractivity contribution in [3.05, 3.63) is 57.6 Å². The zero-order valence-electron chi connectivity index (χ0n) is 18.3. The first-order chi connectivity index (χ1) is 14.9. The topological polar surface area (TPSA) is 71.5 Å². The number of aromatic nitrogens is 1. The number of carbonyl (C=O) groups excluding carboxylic acids is 2. The maximum Gasteiger partial charge on any atom is 0.257 e. The highest BCUT2D eigenvalue weighted by Gasteiger charge is 2.55. The molecule has 1 aromatic carbocycles. The summed E-state index contributed by atoms with van der Waals surface area (Å²) in [4.78, 5) is 33.4. The molecule has 1 fully saturated rings. The number of aryl methyl sites for hydroxylation is 1. The van der Waals surface area contributed by atoms with Crippen LogP contribution in [0.3, 0.4) is 0 Å². The predicted octanol–water partition coefficient (Wildman–Crippen LogP) is 4.09. The van der Waals surface area contributed by atoms with Crippen LogP contribution in [0.1, 0.15) is 55.3 Å². The van der Waals surface area contributed by atoms with Crippen molar-refractivity contribution >= 4 is 23.2 Å². The van der Waals surface area contributed by atoms with Crippen LogP contribution >= 0.6 is 11.3 Å². The highest BCUT2D eigenvalue weighted by atomic mass is 32.1. The van der Waals surface area contributed by atoms with Gasteiger partial charge in [0.15, 0.2) is 5.54 Å². The Hall–Kier alpha value is -2.67. The first kappa shape index (κ1) is 21.6. The van der Waals surface area contributed by atoms with Crippen LogP contribution in [0.5, 0.6) is 5.75 Å². The van der Waals surface area contributed by atoms with Crippen molar-refractivity contribution in [2.75, 3.05) is 7.11 Å². The summed E-state index contributed by atoms with van der Waals surface area (Å²) in [5, 5.41) is 5.85. The fourth-order valence-corrected chi connectivity index (χ4v) is 5.66. The number of ether oxygens (including phenoxy) is 1. The lowest BCUT2D eigenvalue weighted by molar-refractivity contribution is -0.142. The third-order valence-corrected chi connectivity index (χ3v) is 7.35. The third kappa shape index (κ3) is 3.99. The summed E-state index contributed by atoms with van der Waals surface area (Å²) in [6.07, 6.45) is 7.00. The van der Waals surface area contributed by atoms with Gasteiger partial charge >= 0.3 is 0 Å². The van der Waals surface area contributed by atoms with Crippen LogP contribution in [0.25, 0.3) is 0 Å². The van der Waals surface area contributed by atoms with E-state index in [1.165, 1.54) is 17.8 Å². The minimum atomic E-state index is -1.21. The SMILES string of the molecule is COc1ccc(CN2C(=O)C=C(C)C2(C(=O)NC2CCCCC2)c2nc(C)cs2)cc1. The van der Waals surface area contributed by atoms with E-state index in [9.17, 15) is 9.59 Å². The highest BCUT2D eigenvalue weighted by Crippen LogP contribution is 2.43. The fraction of sp³-hybridized carbons (Fsp3) is 0.458. The molecule has 1 aliphatic carbocycles. The average Bonchev–Trinajstić information content (AvgIpc) is 3.30. The van der Waals surface area contributed by atoms with Gasteiger partial charge in [0.25, 0.3) is 5.91 Å². The molecule has 0 radical (unpaired) electrons. The number of benzene rings is 1. The molecule has 2 aromatic rings. The van der Waals surface area contributed by atoms with E-state index in [1.807, 2.05) is 43.5 Å². The summed E-state index contributed by atoms with van der Waals surface area (Å²) in [6, 6.07) is 7.74. The number of methoxy groups -OCH3 is 1. The Bertz CT molecular complexity index is 992. The first-order valence-corrected chi connectivity index (χ1v) is 11.7. The van der Waals surface area contributed by atoms with E-state index in [1.54, 1.807) is 18.1 Å². The van der Waals surface area contributed by atoms with E-state index >= 15 is 0 Å². The molecule has 7 heteroatoms. The molecule has 1 unspecified atom stereocenters. The molecule has 1 N–H and O–H groups in total. The summed E-state index contributed by atoms with van der Waals surface area (Å²) in [5.74, 6) is 0.435. The van der Waals surface area contributed by atoms with Gasteiger partial charge < -0.3 is 15.0 Å². The van der Waals surface area contributed by atoms with E-state index in [2.05, 4.69) is 10.3 Å². The van der Waals surface area contributed by atoms with Gasteiger partial charge in [-0.1, -0.05) is 31.4 Å². The van der Waals surface area contributed by atoms with E-state index in [-0.39, 0.29) is 17.9 Å². The van der Waals surface area contributed by atoms with Crippen LogP contribution < -0.4 is 10.1 Å². The van der Waals surface area contributed by atoms with Gasteiger partial charge in [-0.15, -0.1) is 11.3 Å². The molecule has 164 valence electrons. The molecule has 1 saturated carbocycles. The number of amides is 2. The lowest BCUT2D eigenvalue weighted by Crippen LogP contribution is -2.57. The van der Waals surface area contributed by atoms with Crippen LogP contribution in [0.4, 0.5) is 0 Å². The molecule has 4 rings (SSSR count). The summed E-state index contributed by atoms with van der Waals surface area (Å²) in [6.45, 7) is 4.09. The van der Waals surface area contributed by atoms with Crippen molar-refractivity contribution in [2.45, 2.75) is 64.1 Å². The molecule has 1 aliphatic heterocycles. The van der Waals surface area contributed by atoms with Crippen molar-refractivity contribution in [3.63, 3.8) is 0 Å². The molecule has 1 atom stereocenters. The number of rotatable bonds is 6. The summed E-state index contributed by atoms with van der Waals surface area (Å²) >= 11 is 1.44. The minimum Gasteiger partial charge on any atom is -0.497 e. The summed E-state index contributed by atoms with van der Waals surface area (Å²) in [5.41, 5.74) is 1.28. The largest absolute Gasteiger partial charge is 0.497 e. The van der Waals surface area contributed by atoms with E-state index < -0.39 is 5.54 Å². The van der Waals surface area contributed by atoms with Crippen molar-refractivity contribution < 1.29 is 14.3 Å². The molecule has 2 amide bonds. The number of hydrogen-bond acceptors (Lipinski definition) is 5. The molecular formula is C24H29N3O3S. The monoisotopic (exact) mass is 439 g/mol. The van der Waals surface area contributed by atoms with Gasteiger partial charge in [0.1, 0.15) is 10.8 Å². The normalized spacial score (nSPS) is 21.8. The quantitative estimate of drug-likeness (QED) is 0.736. The van der Waals surface area contributed by atoms with Gasteiger partial charge in [0.05, 0.1) is 7.11 Å². The maximum atomic E-state index is 13.9. The molecule has 2 aliphatic rings. The predicted molar refractivity (Wildman–Crippen MR) is 121 cm³/mol. The molecule has 6 nitrogen and oxygen atoms in total. The van der Waals surface area contributed by atoms with Crippen molar-refractivity contribution in [1.29, 1.82) is 0 Å². The molecule has 0 bridgehead atoms. The Balaban J connectivity index is 1.73. The summed E-state index contributed by atoms with van der Waals surface area (Å²) < 4.78 is 5.25. The van der Waals surface area contributed by atoms with Gasteiger partial charge in [0.2, 0.25) is 5.91 Å². The van der Waals surface area contributed by atoms with Gasteiger partial charge in [-0.05, 0) is 50.0 Å². The standard InChI is InChI=1S/C24H29N3O3S/c1-16-13-21(28)27(14-18-9-11-20(30-3)12-10-18)24(16,23-25-17(2)15-31-23)22(29)26-19-7-5-4-6-8-19/h9-13,15,19H,4-8,14H2,1-3H3,(H,26,29). The molecule has 1 aromatic heterocycles. The second kappa shape index (κ2) is 8.83. The number of nitrogens with one attached hydrogen (secondary N) is 1. The van der Waals surface area contributed by atoms with Crippen molar-refractivity contribution in [2.24, 2.45) is 0 Å². The smallest absolute Gasteiger partial charge is 0.257 e. The number of hydrogen-bond donors (Lipinski definition) is 1. The maximum absolute atomic E-state index is 13.9. The van der Waals surface area contributed by atoms with Crippen molar-refractivity contribution in [1.82, 2.24) is 15.2 Å². The lowest BCUT2D eigenvalue weighted by atomic mass is 9.88. The Kier molecular flexibility index (Phi) is 6.14. The zero-order valence-corrected chi connectivity index (χ0v) is 19.1. The van der Waals surface area contributed by atoms with Crippen LogP contribution in [0, 0.1) is 6.92 Å². The lowest BCUT2D eigenvalue weighted by Gasteiger charge is -2.39. The van der Waals surface area contributed by atoms with Gasteiger partial charge in [-0.25, -0.2) is 4.98 Å². The van der Waals surface area contributed by atoms with Gasteiger partial charge in [-0.3, -0.25) is 9.59 Å². The number of carbonyl (C=O) groups is 2. The van der Waals surface area contributed by atoms with Crippen LogP contribution in [0.2, 0.25) is 0 Å². The Labute approximate surface area is 187 Å². The van der Waals surface area contributed by atoms with E-state index in [0.29, 0.717) is 17.1 Å². The second-order valence-corrected chi connectivity index (χ2v) is 9.27.